The normalized spacial score (nSPS) is 11.3. The summed E-state index contributed by atoms with van der Waals surface area (Å²) in [7, 11) is 0. The Morgan fingerprint density at radius 1 is 0.974 bits per heavy atom. The van der Waals surface area contributed by atoms with Crippen molar-refractivity contribution < 1.29 is 14.3 Å². The fraction of sp³-hybridized carbons (Fsp3) is 0.161. The first-order valence-corrected chi connectivity index (χ1v) is 12.7. The number of carbonyl (C=O) groups is 1. The van der Waals surface area contributed by atoms with Gasteiger partial charge in [-0.15, -0.1) is 0 Å². The number of hydrogen-bond donors (Lipinski definition) is 0. The summed E-state index contributed by atoms with van der Waals surface area (Å²) in [6, 6.07) is 26.3. The van der Waals surface area contributed by atoms with Crippen molar-refractivity contribution in [3.8, 4) is 22.8 Å². The van der Waals surface area contributed by atoms with Crippen LogP contribution in [0.15, 0.2) is 94.8 Å². The average molecular weight is 521 g/mol. The molecule has 0 unspecified atom stereocenters. The van der Waals surface area contributed by atoms with Crippen LogP contribution in [0.25, 0.3) is 28.0 Å². The number of rotatable bonds is 8. The highest BCUT2D eigenvalue weighted by Crippen LogP contribution is 2.23. The Morgan fingerprint density at radius 3 is 2.44 bits per heavy atom. The lowest BCUT2D eigenvalue weighted by Crippen LogP contribution is -2.20. The molecule has 0 atom stereocenters. The maximum Gasteiger partial charge on any atom is 0.344 e. The van der Waals surface area contributed by atoms with E-state index in [-0.39, 0.29) is 12.2 Å². The van der Waals surface area contributed by atoms with Gasteiger partial charge in [-0.1, -0.05) is 42.5 Å². The summed E-state index contributed by atoms with van der Waals surface area (Å²) in [6.07, 6.45) is 1.69. The van der Waals surface area contributed by atoms with Crippen molar-refractivity contribution in [2.45, 2.75) is 20.8 Å². The summed E-state index contributed by atoms with van der Waals surface area (Å²) in [5.74, 6) is 0.647. The van der Waals surface area contributed by atoms with Gasteiger partial charge in [0.05, 0.1) is 23.7 Å². The number of nitrogens with zero attached hydrogens (tertiary/aromatic N) is 4. The van der Waals surface area contributed by atoms with Gasteiger partial charge in [0.25, 0.3) is 5.56 Å². The standard InChI is InChI=1S/C31H28N4O4/c1-4-38-29(36)20-39-26-16-14-25(15-17-26)34-21(2)18-24(22(34)3)19-32-35-30(23-10-6-5-7-11-23)33-28-13-9-8-12-27(28)31(35)37/h5-19H,4,20H2,1-3H3. The van der Waals surface area contributed by atoms with E-state index in [2.05, 4.69) is 9.67 Å². The van der Waals surface area contributed by atoms with Crippen molar-refractivity contribution in [2.24, 2.45) is 5.10 Å². The molecule has 0 bridgehead atoms. The molecule has 5 aromatic rings. The molecular formula is C31H28N4O4. The van der Waals surface area contributed by atoms with Crippen molar-refractivity contribution in [1.82, 2.24) is 14.2 Å². The fourth-order valence-corrected chi connectivity index (χ4v) is 4.48. The van der Waals surface area contributed by atoms with Crippen molar-refractivity contribution >= 4 is 23.1 Å². The molecule has 0 aliphatic carbocycles. The van der Waals surface area contributed by atoms with E-state index in [0.717, 1.165) is 28.2 Å². The predicted molar refractivity (Wildman–Crippen MR) is 152 cm³/mol. The van der Waals surface area contributed by atoms with Crippen LogP contribution in [0.5, 0.6) is 5.75 Å². The van der Waals surface area contributed by atoms with Crippen LogP contribution < -0.4 is 10.3 Å². The molecule has 5 rings (SSSR count). The fourth-order valence-electron chi connectivity index (χ4n) is 4.48. The third-order valence-corrected chi connectivity index (χ3v) is 6.33. The molecule has 196 valence electrons. The van der Waals surface area contributed by atoms with E-state index in [1.54, 1.807) is 19.2 Å². The molecule has 0 fully saturated rings. The van der Waals surface area contributed by atoms with Gasteiger partial charge in [0, 0.05) is 28.2 Å². The minimum atomic E-state index is -0.404. The lowest BCUT2D eigenvalue weighted by Gasteiger charge is -2.11. The zero-order valence-corrected chi connectivity index (χ0v) is 22.0. The number of hydrogen-bond acceptors (Lipinski definition) is 6. The highest BCUT2D eigenvalue weighted by atomic mass is 16.6. The Kier molecular flexibility index (Phi) is 7.36. The number of aryl methyl sites for hydroxylation is 1. The summed E-state index contributed by atoms with van der Waals surface area (Å²) in [4.78, 5) is 29.8. The lowest BCUT2D eigenvalue weighted by atomic mass is 10.2. The van der Waals surface area contributed by atoms with E-state index in [1.165, 1.54) is 4.68 Å². The molecule has 0 spiro atoms. The Bertz CT molecular complexity index is 1720. The Balaban J connectivity index is 1.48. The predicted octanol–water partition coefficient (Wildman–Crippen LogP) is 5.30. The van der Waals surface area contributed by atoms with E-state index in [4.69, 9.17) is 14.5 Å². The van der Waals surface area contributed by atoms with E-state index < -0.39 is 5.97 Å². The molecule has 0 N–H and O–H groups in total. The summed E-state index contributed by atoms with van der Waals surface area (Å²) in [6.45, 7) is 5.95. The van der Waals surface area contributed by atoms with Crippen LogP contribution in [0.2, 0.25) is 0 Å². The first-order chi connectivity index (χ1) is 19.0. The summed E-state index contributed by atoms with van der Waals surface area (Å²) in [5.41, 5.74) is 4.95. The SMILES string of the molecule is CCOC(=O)COc1ccc(-n2c(C)cc(C=Nn3c(-c4ccccc4)nc4ccccc4c3=O)c2C)cc1. The van der Waals surface area contributed by atoms with Gasteiger partial charge < -0.3 is 14.0 Å². The Hall–Kier alpha value is -4.98. The zero-order chi connectivity index (χ0) is 27.4. The topological polar surface area (TPSA) is 87.7 Å². The van der Waals surface area contributed by atoms with Gasteiger partial charge in [0.15, 0.2) is 12.4 Å². The van der Waals surface area contributed by atoms with Crippen molar-refractivity contribution in [1.29, 1.82) is 0 Å². The Morgan fingerprint density at radius 2 is 1.69 bits per heavy atom. The molecule has 0 saturated heterocycles. The van der Waals surface area contributed by atoms with Crippen molar-refractivity contribution in [2.75, 3.05) is 13.2 Å². The highest BCUT2D eigenvalue weighted by Gasteiger charge is 2.14. The van der Waals surface area contributed by atoms with Crippen LogP contribution >= 0.6 is 0 Å². The second-order valence-electron chi connectivity index (χ2n) is 8.93. The number of benzene rings is 3. The molecular weight excluding hydrogens is 492 g/mol. The third kappa shape index (κ3) is 5.36. The monoisotopic (exact) mass is 520 g/mol. The number of ether oxygens (including phenoxy) is 2. The minimum Gasteiger partial charge on any atom is -0.482 e. The van der Waals surface area contributed by atoms with Gasteiger partial charge in [-0.3, -0.25) is 4.79 Å². The van der Waals surface area contributed by atoms with Crippen molar-refractivity contribution in [3.05, 3.63) is 112 Å². The number of carbonyl (C=O) groups excluding carboxylic acids is 1. The Labute approximate surface area is 225 Å². The molecule has 0 aliphatic rings. The maximum absolute atomic E-state index is 13.4. The second kappa shape index (κ2) is 11.2. The van der Waals surface area contributed by atoms with Gasteiger partial charge in [0.2, 0.25) is 0 Å². The first-order valence-electron chi connectivity index (χ1n) is 12.7. The molecule has 8 nitrogen and oxygen atoms in total. The molecule has 0 radical (unpaired) electrons. The number of esters is 1. The lowest BCUT2D eigenvalue weighted by molar-refractivity contribution is -0.145. The van der Waals surface area contributed by atoms with Crippen LogP contribution in [-0.4, -0.2) is 39.6 Å². The molecule has 0 saturated carbocycles. The van der Waals surface area contributed by atoms with Crippen molar-refractivity contribution in [3.63, 3.8) is 0 Å². The number of fused-ring (bicyclic) bond motifs is 1. The number of aromatic nitrogens is 3. The molecule has 39 heavy (non-hydrogen) atoms. The van der Waals surface area contributed by atoms with Crippen LogP contribution in [0, 0.1) is 13.8 Å². The van der Waals surface area contributed by atoms with Gasteiger partial charge >= 0.3 is 5.97 Å². The van der Waals surface area contributed by atoms with Gasteiger partial charge in [-0.05, 0) is 63.2 Å². The zero-order valence-electron chi connectivity index (χ0n) is 22.0. The van der Waals surface area contributed by atoms with E-state index in [0.29, 0.717) is 29.1 Å². The smallest absolute Gasteiger partial charge is 0.344 e. The van der Waals surface area contributed by atoms with Gasteiger partial charge in [-0.25, -0.2) is 9.78 Å². The average Bonchev–Trinajstić information content (AvgIpc) is 3.24. The summed E-state index contributed by atoms with van der Waals surface area (Å²) in [5, 5.41) is 5.13. The van der Waals surface area contributed by atoms with Gasteiger partial charge in [-0.2, -0.15) is 9.78 Å². The quantitative estimate of drug-likeness (QED) is 0.205. The largest absolute Gasteiger partial charge is 0.482 e. The third-order valence-electron chi connectivity index (χ3n) is 6.33. The van der Waals surface area contributed by atoms with Crippen LogP contribution in [-0.2, 0) is 9.53 Å². The molecule has 0 aliphatic heterocycles. The van der Waals surface area contributed by atoms with E-state index in [9.17, 15) is 9.59 Å². The molecule has 0 amide bonds. The molecule has 2 heterocycles. The summed E-state index contributed by atoms with van der Waals surface area (Å²) >= 11 is 0. The first kappa shape index (κ1) is 25.7. The van der Waals surface area contributed by atoms with E-state index in [1.807, 2.05) is 92.7 Å². The van der Waals surface area contributed by atoms with E-state index >= 15 is 0 Å². The molecule has 8 heteroatoms. The number of para-hydroxylation sites is 1. The van der Waals surface area contributed by atoms with Gasteiger partial charge in [0.1, 0.15) is 5.75 Å². The van der Waals surface area contributed by atoms with Crippen LogP contribution in [0.4, 0.5) is 0 Å². The second-order valence-corrected chi connectivity index (χ2v) is 8.93. The van der Waals surface area contributed by atoms with Crippen LogP contribution in [0.1, 0.15) is 23.9 Å². The summed E-state index contributed by atoms with van der Waals surface area (Å²) < 4.78 is 13.9. The minimum absolute atomic E-state index is 0.136. The van der Waals surface area contributed by atoms with Crippen LogP contribution in [0.3, 0.4) is 0 Å². The molecule has 2 aromatic heterocycles. The molecule has 3 aromatic carbocycles. The highest BCUT2D eigenvalue weighted by molar-refractivity contribution is 5.83. The maximum atomic E-state index is 13.4.